The number of fused-ring (bicyclic) bond motifs is 1. The maximum atomic E-state index is 12.3. The van der Waals surface area contributed by atoms with Crippen LogP contribution in [0.4, 0.5) is 0 Å². The van der Waals surface area contributed by atoms with E-state index in [1.807, 2.05) is 0 Å². The van der Waals surface area contributed by atoms with Crippen molar-refractivity contribution in [2.45, 2.75) is 37.6 Å². The van der Waals surface area contributed by atoms with Crippen LogP contribution in [0.25, 0.3) is 0 Å². The first-order valence-corrected chi connectivity index (χ1v) is 8.30. The Balaban J connectivity index is 2.29. The molecule has 7 heteroatoms. The Hall–Kier alpha value is -1.60. The minimum absolute atomic E-state index is 0.0682. The van der Waals surface area contributed by atoms with E-state index in [4.69, 9.17) is 9.84 Å². The largest absolute Gasteiger partial charge is 0.493 e. The van der Waals surface area contributed by atoms with Gasteiger partial charge in [-0.05, 0) is 42.5 Å². The van der Waals surface area contributed by atoms with Crippen molar-refractivity contribution in [3.63, 3.8) is 0 Å². The van der Waals surface area contributed by atoms with E-state index in [-0.39, 0.29) is 10.8 Å². The molecule has 2 rings (SSSR count). The molecule has 0 unspecified atom stereocenters. The molecule has 116 valence electrons. The number of nitrogens with one attached hydrogen (secondary N) is 1. The summed E-state index contributed by atoms with van der Waals surface area (Å²) in [5, 5.41) is 9.10. The first-order chi connectivity index (χ1) is 9.81. The second-order valence-electron chi connectivity index (χ2n) is 5.40. The van der Waals surface area contributed by atoms with Crippen LogP contribution in [0.5, 0.6) is 5.75 Å². The minimum Gasteiger partial charge on any atom is -0.493 e. The average Bonchev–Trinajstić information content (AvgIpc) is 2.43. The first kappa shape index (κ1) is 15.8. The number of carboxylic acids is 1. The van der Waals surface area contributed by atoms with Gasteiger partial charge in [0.2, 0.25) is 10.0 Å². The highest BCUT2D eigenvalue weighted by molar-refractivity contribution is 7.89. The molecular weight excluding hydrogens is 294 g/mol. The molecule has 0 radical (unpaired) electrons. The highest BCUT2D eigenvalue weighted by Crippen LogP contribution is 2.27. The fraction of sp³-hybridized carbons (Fsp3) is 0.500. The Bertz CT molecular complexity index is 639. The number of sulfonamides is 1. The van der Waals surface area contributed by atoms with E-state index in [1.54, 1.807) is 26.0 Å². The van der Waals surface area contributed by atoms with Gasteiger partial charge < -0.3 is 9.84 Å². The lowest BCUT2D eigenvalue weighted by Gasteiger charge is -2.20. The topological polar surface area (TPSA) is 92.7 Å². The molecular formula is C14H19NO5S. The van der Waals surface area contributed by atoms with Crippen LogP contribution in [0.1, 0.15) is 25.8 Å². The number of carbonyl (C=O) groups is 1. The zero-order valence-electron chi connectivity index (χ0n) is 12.0. The number of aliphatic carboxylic acids is 1. The number of hydrogen-bond donors (Lipinski definition) is 2. The molecule has 0 amide bonds. The summed E-state index contributed by atoms with van der Waals surface area (Å²) in [4.78, 5) is 11.2. The van der Waals surface area contributed by atoms with Crippen molar-refractivity contribution in [3.8, 4) is 5.75 Å². The quantitative estimate of drug-likeness (QED) is 0.857. The van der Waals surface area contributed by atoms with Crippen molar-refractivity contribution in [2.24, 2.45) is 5.92 Å². The standard InChI is InChI=1S/C14H19NO5S/c1-9(2)13(14(16)17)15-21(18,19)11-5-6-12-10(8-11)4-3-7-20-12/h5-6,8-9,13,15H,3-4,7H2,1-2H3,(H,16,17)/t13-/m1/s1. The van der Waals surface area contributed by atoms with Gasteiger partial charge in [0.05, 0.1) is 11.5 Å². The fourth-order valence-electron chi connectivity index (χ4n) is 2.21. The number of hydrogen-bond acceptors (Lipinski definition) is 4. The average molecular weight is 313 g/mol. The number of ether oxygens (including phenoxy) is 1. The lowest BCUT2D eigenvalue weighted by atomic mass is 10.1. The van der Waals surface area contributed by atoms with Crippen LogP contribution in [0.15, 0.2) is 23.1 Å². The molecule has 0 saturated carbocycles. The van der Waals surface area contributed by atoms with Crippen LogP contribution < -0.4 is 9.46 Å². The minimum atomic E-state index is -3.87. The molecule has 21 heavy (non-hydrogen) atoms. The van der Waals surface area contributed by atoms with Crippen LogP contribution in [0, 0.1) is 5.92 Å². The lowest BCUT2D eigenvalue weighted by Crippen LogP contribution is -2.44. The van der Waals surface area contributed by atoms with Crippen molar-refractivity contribution in [1.29, 1.82) is 0 Å². The third kappa shape index (κ3) is 3.54. The highest BCUT2D eigenvalue weighted by atomic mass is 32.2. The number of carboxylic acid groups (broad SMARTS) is 1. The summed E-state index contributed by atoms with van der Waals surface area (Å²) in [6, 6.07) is 3.46. The summed E-state index contributed by atoms with van der Waals surface area (Å²) < 4.78 is 32.3. The molecule has 1 aliphatic rings. The van der Waals surface area contributed by atoms with Crippen LogP contribution >= 0.6 is 0 Å². The molecule has 2 N–H and O–H groups in total. The van der Waals surface area contributed by atoms with Crippen molar-refractivity contribution in [3.05, 3.63) is 23.8 Å². The second kappa shape index (κ2) is 6.03. The van der Waals surface area contributed by atoms with E-state index in [1.165, 1.54) is 6.07 Å². The summed E-state index contributed by atoms with van der Waals surface area (Å²) in [6.07, 6.45) is 1.60. The summed E-state index contributed by atoms with van der Waals surface area (Å²) in [5.74, 6) is -0.841. The molecule has 1 heterocycles. The SMILES string of the molecule is CC(C)[C@@H](NS(=O)(=O)c1ccc2c(c1)CCCO2)C(=O)O. The molecule has 0 saturated heterocycles. The molecule has 1 aromatic carbocycles. The van der Waals surface area contributed by atoms with Crippen LogP contribution in [0.2, 0.25) is 0 Å². The summed E-state index contributed by atoms with van der Waals surface area (Å²) in [5.41, 5.74) is 0.834. The Morgan fingerprint density at radius 3 is 2.71 bits per heavy atom. The summed E-state index contributed by atoms with van der Waals surface area (Å²) in [6.45, 7) is 3.94. The van der Waals surface area contributed by atoms with E-state index in [9.17, 15) is 13.2 Å². The van der Waals surface area contributed by atoms with Crippen molar-refractivity contribution in [2.75, 3.05) is 6.61 Å². The van der Waals surface area contributed by atoms with Crippen molar-refractivity contribution < 1.29 is 23.1 Å². The van der Waals surface area contributed by atoms with Gasteiger partial charge in [0.1, 0.15) is 11.8 Å². The Morgan fingerprint density at radius 2 is 2.10 bits per heavy atom. The molecule has 0 spiro atoms. The number of aryl methyl sites for hydroxylation is 1. The Labute approximate surface area is 124 Å². The van der Waals surface area contributed by atoms with E-state index in [2.05, 4.69) is 4.72 Å². The fourth-order valence-corrected chi connectivity index (χ4v) is 3.60. The Kier molecular flexibility index (Phi) is 4.53. The summed E-state index contributed by atoms with van der Waals surface area (Å²) >= 11 is 0. The third-order valence-corrected chi connectivity index (χ3v) is 4.84. The highest BCUT2D eigenvalue weighted by Gasteiger charge is 2.28. The molecule has 1 aromatic rings. The van der Waals surface area contributed by atoms with Gasteiger partial charge in [-0.3, -0.25) is 4.79 Å². The number of rotatable bonds is 5. The zero-order chi connectivity index (χ0) is 15.6. The van der Waals surface area contributed by atoms with Gasteiger partial charge in [0.25, 0.3) is 0 Å². The van der Waals surface area contributed by atoms with E-state index < -0.39 is 22.0 Å². The third-order valence-electron chi connectivity index (χ3n) is 3.41. The molecule has 0 bridgehead atoms. The van der Waals surface area contributed by atoms with E-state index in [0.29, 0.717) is 12.4 Å². The molecule has 6 nitrogen and oxygen atoms in total. The molecule has 0 aliphatic carbocycles. The van der Waals surface area contributed by atoms with Gasteiger partial charge in [-0.25, -0.2) is 8.42 Å². The predicted molar refractivity (Wildman–Crippen MR) is 76.8 cm³/mol. The van der Waals surface area contributed by atoms with E-state index >= 15 is 0 Å². The van der Waals surface area contributed by atoms with Gasteiger partial charge >= 0.3 is 5.97 Å². The van der Waals surface area contributed by atoms with Crippen molar-refractivity contribution in [1.82, 2.24) is 4.72 Å². The maximum absolute atomic E-state index is 12.3. The van der Waals surface area contributed by atoms with Gasteiger partial charge in [-0.15, -0.1) is 0 Å². The second-order valence-corrected chi connectivity index (χ2v) is 7.12. The van der Waals surface area contributed by atoms with Crippen LogP contribution in [-0.4, -0.2) is 32.1 Å². The van der Waals surface area contributed by atoms with Crippen molar-refractivity contribution >= 4 is 16.0 Å². The molecule has 0 aromatic heterocycles. The first-order valence-electron chi connectivity index (χ1n) is 6.82. The van der Waals surface area contributed by atoms with Gasteiger partial charge in [-0.2, -0.15) is 4.72 Å². The maximum Gasteiger partial charge on any atom is 0.322 e. The van der Waals surface area contributed by atoms with Gasteiger partial charge in [0.15, 0.2) is 0 Å². The predicted octanol–water partition coefficient (Wildman–Crippen LogP) is 1.40. The molecule has 0 fully saturated rings. The van der Waals surface area contributed by atoms with Gasteiger partial charge in [0, 0.05) is 0 Å². The van der Waals surface area contributed by atoms with Crippen LogP contribution in [-0.2, 0) is 21.2 Å². The normalized spacial score (nSPS) is 16.1. The summed E-state index contributed by atoms with van der Waals surface area (Å²) in [7, 11) is -3.87. The smallest absolute Gasteiger partial charge is 0.322 e. The van der Waals surface area contributed by atoms with Gasteiger partial charge in [-0.1, -0.05) is 13.8 Å². The number of benzene rings is 1. The zero-order valence-corrected chi connectivity index (χ0v) is 12.8. The lowest BCUT2D eigenvalue weighted by molar-refractivity contribution is -0.140. The Morgan fingerprint density at radius 1 is 1.38 bits per heavy atom. The van der Waals surface area contributed by atoms with E-state index in [0.717, 1.165) is 18.4 Å². The van der Waals surface area contributed by atoms with Crippen LogP contribution in [0.3, 0.4) is 0 Å². The molecule has 1 atom stereocenters. The molecule has 1 aliphatic heterocycles. The monoisotopic (exact) mass is 313 g/mol.